The van der Waals surface area contributed by atoms with Gasteiger partial charge in [0.1, 0.15) is 10.6 Å². The Kier molecular flexibility index (Phi) is 7.05. The number of amides is 2. The molecule has 0 radical (unpaired) electrons. The van der Waals surface area contributed by atoms with Gasteiger partial charge in [0, 0.05) is 25.7 Å². The molecule has 1 N–H and O–H groups in total. The van der Waals surface area contributed by atoms with Crippen molar-refractivity contribution in [2.75, 3.05) is 10.2 Å². The first-order valence-corrected chi connectivity index (χ1v) is 12.1. The van der Waals surface area contributed by atoms with E-state index in [1.165, 1.54) is 29.5 Å². The quantitative estimate of drug-likeness (QED) is 0.339. The molecular weight excluding hydrogens is 499 g/mol. The molecule has 0 unspecified atom stereocenters. The van der Waals surface area contributed by atoms with Gasteiger partial charge in [-0.3, -0.25) is 9.59 Å². The minimum Gasteiger partial charge on any atom is -0.350 e. The highest BCUT2D eigenvalue weighted by molar-refractivity contribution is 8.04. The number of anilines is 2. The highest BCUT2D eigenvalue weighted by Gasteiger charge is 2.40. The van der Waals surface area contributed by atoms with Crippen LogP contribution in [0.2, 0.25) is 15.1 Å². The summed E-state index contributed by atoms with van der Waals surface area (Å²) in [5, 5.41) is 4.40. The standard InChI is InChI=1S/C25H19Cl3N2O2S/c1-14(2)15-3-7-19(8-4-15)29-22-23(33-21-9-5-16(26)6-10-21)25(32)30(24(22)31)20-12-17(27)11-18(28)13-20/h3-14,29H,1-2H3. The molecule has 0 saturated heterocycles. The lowest BCUT2D eigenvalue weighted by Crippen LogP contribution is -2.32. The van der Waals surface area contributed by atoms with Crippen LogP contribution in [0.4, 0.5) is 11.4 Å². The van der Waals surface area contributed by atoms with Crippen LogP contribution in [-0.2, 0) is 9.59 Å². The van der Waals surface area contributed by atoms with E-state index in [1.807, 2.05) is 24.3 Å². The van der Waals surface area contributed by atoms with E-state index in [0.717, 1.165) is 9.80 Å². The van der Waals surface area contributed by atoms with Crippen LogP contribution in [0.25, 0.3) is 0 Å². The monoisotopic (exact) mass is 516 g/mol. The van der Waals surface area contributed by atoms with Crippen molar-refractivity contribution in [2.24, 2.45) is 0 Å². The van der Waals surface area contributed by atoms with Crippen LogP contribution in [0.5, 0.6) is 0 Å². The number of imide groups is 1. The molecule has 4 rings (SSSR count). The molecule has 0 aliphatic carbocycles. The molecule has 8 heteroatoms. The Labute approximate surface area is 211 Å². The van der Waals surface area contributed by atoms with Crippen LogP contribution in [0.1, 0.15) is 25.3 Å². The van der Waals surface area contributed by atoms with Crippen LogP contribution >= 0.6 is 46.6 Å². The van der Waals surface area contributed by atoms with Gasteiger partial charge >= 0.3 is 0 Å². The molecule has 0 atom stereocenters. The van der Waals surface area contributed by atoms with E-state index in [1.54, 1.807) is 30.3 Å². The Morgan fingerprint density at radius 3 is 1.97 bits per heavy atom. The van der Waals surface area contributed by atoms with Crippen molar-refractivity contribution in [3.63, 3.8) is 0 Å². The fourth-order valence-corrected chi connectivity index (χ4v) is 4.90. The van der Waals surface area contributed by atoms with Gasteiger partial charge in [-0.05, 0) is 66.1 Å². The number of hydrogen-bond acceptors (Lipinski definition) is 4. The molecule has 3 aromatic carbocycles. The molecule has 0 aromatic heterocycles. The SMILES string of the molecule is CC(C)c1ccc(NC2=C(Sc3ccc(Cl)cc3)C(=O)N(c3cc(Cl)cc(Cl)c3)C2=O)cc1. The number of benzene rings is 3. The smallest absolute Gasteiger partial charge is 0.283 e. The van der Waals surface area contributed by atoms with Gasteiger partial charge in [-0.1, -0.05) is 72.5 Å². The number of nitrogens with zero attached hydrogens (tertiary/aromatic N) is 1. The first-order chi connectivity index (χ1) is 15.7. The Bertz CT molecular complexity index is 1240. The van der Waals surface area contributed by atoms with E-state index in [4.69, 9.17) is 34.8 Å². The van der Waals surface area contributed by atoms with E-state index in [9.17, 15) is 9.59 Å². The molecule has 1 aliphatic rings. The largest absolute Gasteiger partial charge is 0.350 e. The van der Waals surface area contributed by atoms with Crippen LogP contribution in [0.3, 0.4) is 0 Å². The van der Waals surface area contributed by atoms with Crippen molar-refractivity contribution < 1.29 is 9.59 Å². The first-order valence-electron chi connectivity index (χ1n) is 10.1. The number of rotatable bonds is 6. The minimum atomic E-state index is -0.484. The van der Waals surface area contributed by atoms with E-state index < -0.39 is 11.8 Å². The third-order valence-electron chi connectivity index (χ3n) is 5.03. The zero-order chi connectivity index (χ0) is 23.7. The predicted molar refractivity (Wildman–Crippen MR) is 137 cm³/mol. The van der Waals surface area contributed by atoms with E-state index in [-0.39, 0.29) is 10.6 Å². The minimum absolute atomic E-state index is 0.188. The summed E-state index contributed by atoms with van der Waals surface area (Å²) in [5.41, 5.74) is 2.38. The third-order valence-corrected chi connectivity index (χ3v) is 6.81. The highest BCUT2D eigenvalue weighted by atomic mass is 35.5. The maximum absolute atomic E-state index is 13.4. The lowest BCUT2D eigenvalue weighted by Gasteiger charge is -2.16. The Morgan fingerprint density at radius 1 is 0.788 bits per heavy atom. The second-order valence-corrected chi connectivity index (χ2v) is 10.1. The van der Waals surface area contributed by atoms with E-state index in [0.29, 0.717) is 32.4 Å². The summed E-state index contributed by atoms with van der Waals surface area (Å²) in [6.07, 6.45) is 0. The summed E-state index contributed by atoms with van der Waals surface area (Å²) in [5.74, 6) is -0.561. The molecule has 0 fully saturated rings. The van der Waals surface area contributed by atoms with Crippen LogP contribution in [0.15, 0.2) is 82.2 Å². The lowest BCUT2D eigenvalue weighted by molar-refractivity contribution is -0.120. The van der Waals surface area contributed by atoms with Gasteiger partial charge < -0.3 is 5.32 Å². The van der Waals surface area contributed by atoms with Crippen LogP contribution in [0, 0.1) is 0 Å². The maximum Gasteiger partial charge on any atom is 0.283 e. The molecule has 0 spiro atoms. The average molecular weight is 518 g/mol. The zero-order valence-electron chi connectivity index (χ0n) is 17.7. The third kappa shape index (κ3) is 5.22. The summed E-state index contributed by atoms with van der Waals surface area (Å²) < 4.78 is 0. The summed E-state index contributed by atoms with van der Waals surface area (Å²) in [4.78, 5) is 29.0. The highest BCUT2D eigenvalue weighted by Crippen LogP contribution is 2.39. The van der Waals surface area contributed by atoms with Gasteiger partial charge in [0.25, 0.3) is 11.8 Å². The van der Waals surface area contributed by atoms with Crippen molar-refractivity contribution in [2.45, 2.75) is 24.7 Å². The first kappa shape index (κ1) is 23.7. The maximum atomic E-state index is 13.4. The molecule has 4 nitrogen and oxygen atoms in total. The second-order valence-electron chi connectivity index (χ2n) is 7.74. The van der Waals surface area contributed by atoms with E-state index >= 15 is 0 Å². The lowest BCUT2D eigenvalue weighted by atomic mass is 10.0. The van der Waals surface area contributed by atoms with Gasteiger partial charge in [-0.2, -0.15) is 0 Å². The van der Waals surface area contributed by atoms with Gasteiger partial charge in [0.15, 0.2) is 0 Å². The molecule has 2 amide bonds. The number of halogens is 3. The zero-order valence-corrected chi connectivity index (χ0v) is 20.8. The second kappa shape index (κ2) is 9.82. The normalized spacial score (nSPS) is 13.9. The molecule has 168 valence electrons. The van der Waals surface area contributed by atoms with Crippen LogP contribution in [-0.4, -0.2) is 11.8 Å². The van der Waals surface area contributed by atoms with E-state index in [2.05, 4.69) is 19.2 Å². The molecule has 0 saturated carbocycles. The topological polar surface area (TPSA) is 49.4 Å². The fourth-order valence-electron chi connectivity index (χ4n) is 3.33. The number of thioether (sulfide) groups is 1. The molecule has 1 aliphatic heterocycles. The summed E-state index contributed by atoms with van der Waals surface area (Å²) >= 11 is 19.5. The molecular formula is C25H19Cl3N2O2S. The molecule has 3 aromatic rings. The average Bonchev–Trinajstić information content (AvgIpc) is 2.99. The fraction of sp³-hybridized carbons (Fsp3) is 0.120. The number of carbonyl (C=O) groups is 2. The molecule has 33 heavy (non-hydrogen) atoms. The molecule has 0 bridgehead atoms. The van der Waals surface area contributed by atoms with Gasteiger partial charge in [0.05, 0.1) is 5.69 Å². The Hall–Kier alpha value is -2.44. The predicted octanol–water partition coefficient (Wildman–Crippen LogP) is 7.76. The van der Waals surface area contributed by atoms with Crippen molar-refractivity contribution in [3.05, 3.63) is 98.0 Å². The number of carbonyl (C=O) groups excluding carboxylic acids is 2. The Balaban J connectivity index is 1.73. The summed E-state index contributed by atoms with van der Waals surface area (Å²) in [6, 6.07) is 19.5. The van der Waals surface area contributed by atoms with Crippen molar-refractivity contribution >= 4 is 69.8 Å². The number of hydrogen-bond donors (Lipinski definition) is 1. The molecule has 1 heterocycles. The number of nitrogens with one attached hydrogen (secondary N) is 1. The van der Waals surface area contributed by atoms with Gasteiger partial charge in [0.2, 0.25) is 0 Å². The summed E-state index contributed by atoms with van der Waals surface area (Å²) in [6.45, 7) is 4.22. The van der Waals surface area contributed by atoms with Crippen molar-refractivity contribution in [1.82, 2.24) is 0 Å². The van der Waals surface area contributed by atoms with Gasteiger partial charge in [-0.15, -0.1) is 0 Å². The van der Waals surface area contributed by atoms with Crippen molar-refractivity contribution in [3.8, 4) is 0 Å². The summed E-state index contributed by atoms with van der Waals surface area (Å²) in [7, 11) is 0. The van der Waals surface area contributed by atoms with Gasteiger partial charge in [-0.25, -0.2) is 4.90 Å². The van der Waals surface area contributed by atoms with Crippen molar-refractivity contribution in [1.29, 1.82) is 0 Å². The Morgan fingerprint density at radius 2 is 1.39 bits per heavy atom. The van der Waals surface area contributed by atoms with Crippen LogP contribution < -0.4 is 10.2 Å².